The van der Waals surface area contributed by atoms with E-state index in [4.69, 9.17) is 4.74 Å². The van der Waals surface area contributed by atoms with E-state index in [1.165, 1.54) is 347 Å². The fourth-order valence-electron chi connectivity index (χ4n) is 12.0. The van der Waals surface area contributed by atoms with Crippen LogP contribution in [0.2, 0.25) is 0 Å². The van der Waals surface area contributed by atoms with Gasteiger partial charge >= 0.3 is 5.97 Å². The highest BCUT2D eigenvalue weighted by molar-refractivity contribution is 5.76. The molecule has 6 nitrogen and oxygen atoms in total. The number of rotatable bonds is 71. The molecule has 0 radical (unpaired) electrons. The van der Waals surface area contributed by atoms with Crippen molar-refractivity contribution in [2.24, 2.45) is 0 Å². The summed E-state index contributed by atoms with van der Waals surface area (Å²) in [5.41, 5.74) is 0. The van der Waals surface area contributed by atoms with Crippen LogP contribution in [0.4, 0.5) is 0 Å². The number of aliphatic hydroxyl groups is 2. The quantitative estimate of drug-likeness (QED) is 0.0320. The third-order valence-corrected chi connectivity index (χ3v) is 17.7. The van der Waals surface area contributed by atoms with E-state index in [1.807, 2.05) is 0 Å². The molecule has 0 spiro atoms. The van der Waals surface area contributed by atoms with Crippen LogP contribution in [0.1, 0.15) is 425 Å². The van der Waals surface area contributed by atoms with Crippen LogP contribution in [0.5, 0.6) is 0 Å². The highest BCUT2D eigenvalue weighted by atomic mass is 16.5. The number of hydrogen-bond donors (Lipinski definition) is 3. The summed E-state index contributed by atoms with van der Waals surface area (Å²) < 4.78 is 5.50. The van der Waals surface area contributed by atoms with Gasteiger partial charge in [0, 0.05) is 12.8 Å². The number of allylic oxidation sites excluding steroid dienone is 4. The molecular weight excluding hydrogens is 1010 g/mol. The summed E-state index contributed by atoms with van der Waals surface area (Å²) >= 11 is 0. The molecule has 0 saturated carbocycles. The molecule has 3 N–H and O–H groups in total. The van der Waals surface area contributed by atoms with Gasteiger partial charge in [0.1, 0.15) is 0 Å². The van der Waals surface area contributed by atoms with Crippen molar-refractivity contribution in [2.75, 3.05) is 13.2 Å². The zero-order chi connectivity index (χ0) is 59.2. The van der Waals surface area contributed by atoms with Crippen LogP contribution in [0.15, 0.2) is 24.3 Å². The summed E-state index contributed by atoms with van der Waals surface area (Å²) in [6.07, 6.45) is 91.0. The molecule has 82 heavy (non-hydrogen) atoms. The number of aliphatic hydroxyl groups excluding tert-OH is 2. The van der Waals surface area contributed by atoms with Gasteiger partial charge in [0.25, 0.3) is 0 Å². The Hall–Kier alpha value is -1.66. The second-order valence-electron chi connectivity index (χ2n) is 26.0. The summed E-state index contributed by atoms with van der Waals surface area (Å²) in [6.45, 7) is 4.99. The Morgan fingerprint density at radius 2 is 0.573 bits per heavy atom. The highest BCUT2D eigenvalue weighted by Crippen LogP contribution is 2.19. The average molecular weight is 1160 g/mol. The molecule has 0 bridgehead atoms. The normalized spacial score (nSPS) is 12.6. The molecule has 0 aromatic heterocycles. The van der Waals surface area contributed by atoms with Gasteiger partial charge in [-0.2, -0.15) is 0 Å². The van der Waals surface area contributed by atoms with Gasteiger partial charge < -0.3 is 20.3 Å². The molecule has 0 aliphatic carbocycles. The average Bonchev–Trinajstić information content (AvgIpc) is 3.48. The minimum absolute atomic E-state index is 0.0104. The molecule has 0 aliphatic heterocycles. The third-order valence-electron chi connectivity index (χ3n) is 17.7. The molecule has 0 aliphatic rings. The minimum Gasteiger partial charge on any atom is -0.466 e. The third kappa shape index (κ3) is 67.5. The largest absolute Gasteiger partial charge is 0.466 e. The monoisotopic (exact) mass is 1150 g/mol. The number of nitrogens with one attached hydrogen (secondary N) is 1. The molecule has 0 heterocycles. The predicted molar refractivity (Wildman–Crippen MR) is 361 cm³/mol. The van der Waals surface area contributed by atoms with Crippen LogP contribution >= 0.6 is 0 Å². The number of ether oxygens (including phenoxy) is 1. The van der Waals surface area contributed by atoms with E-state index < -0.39 is 12.1 Å². The number of amides is 1. The molecule has 2 unspecified atom stereocenters. The summed E-state index contributed by atoms with van der Waals surface area (Å²) in [6, 6.07) is -0.546. The summed E-state index contributed by atoms with van der Waals surface area (Å²) in [5, 5.41) is 23.5. The molecule has 0 saturated heterocycles. The Morgan fingerprint density at radius 3 is 0.866 bits per heavy atom. The van der Waals surface area contributed by atoms with E-state index in [9.17, 15) is 19.8 Å². The van der Waals surface area contributed by atoms with Gasteiger partial charge in [0.15, 0.2) is 0 Å². The zero-order valence-corrected chi connectivity index (χ0v) is 55.8. The maximum Gasteiger partial charge on any atom is 0.305 e. The van der Waals surface area contributed by atoms with Crippen LogP contribution in [0.25, 0.3) is 0 Å². The van der Waals surface area contributed by atoms with Gasteiger partial charge in [-0.15, -0.1) is 0 Å². The molecular formula is C76H147NO5. The van der Waals surface area contributed by atoms with E-state index >= 15 is 0 Å². The second kappa shape index (κ2) is 71.8. The fraction of sp³-hybridized carbons (Fsp3) is 0.921. The standard InChI is InChI=1S/C76H147NO5/c1-3-5-7-9-11-13-15-17-19-21-22-23-24-27-30-33-37-40-44-48-52-56-60-64-68-74(79)73(72-78)77-75(80)69-65-61-57-53-49-45-41-38-34-31-28-25-26-29-32-35-39-43-47-51-55-59-63-67-71-82-76(81)70-66-62-58-54-50-46-42-36-20-18-16-14-12-10-8-6-4-2/h18,20,28,31,73-74,78-79H,3-17,19,21-27,29-30,32-72H2,1-2H3,(H,77,80)/b20-18-,31-28-. The summed E-state index contributed by atoms with van der Waals surface area (Å²) in [4.78, 5) is 24.7. The summed E-state index contributed by atoms with van der Waals surface area (Å²) in [7, 11) is 0. The molecule has 0 rings (SSSR count). The van der Waals surface area contributed by atoms with Gasteiger partial charge in [0.2, 0.25) is 5.91 Å². The van der Waals surface area contributed by atoms with E-state index in [2.05, 4.69) is 43.5 Å². The first-order valence-corrected chi connectivity index (χ1v) is 37.6. The van der Waals surface area contributed by atoms with Crippen LogP contribution in [-0.4, -0.2) is 47.4 Å². The van der Waals surface area contributed by atoms with Crippen molar-refractivity contribution in [3.05, 3.63) is 24.3 Å². The highest BCUT2D eigenvalue weighted by Gasteiger charge is 2.20. The SMILES string of the molecule is CCCCCCCC/C=C\CCCCCCCCCC(=O)OCCCCCCCCCCCCCC/C=C\CCCCCCCCCCC(=O)NC(CO)C(O)CCCCCCCCCCCCCCCCCCCCCCCCCC. The number of esters is 1. The van der Waals surface area contributed by atoms with E-state index in [1.54, 1.807) is 0 Å². The Morgan fingerprint density at radius 1 is 0.329 bits per heavy atom. The van der Waals surface area contributed by atoms with Crippen LogP contribution in [0.3, 0.4) is 0 Å². The van der Waals surface area contributed by atoms with E-state index in [0.29, 0.717) is 25.9 Å². The van der Waals surface area contributed by atoms with Crippen molar-refractivity contribution in [1.29, 1.82) is 0 Å². The lowest BCUT2D eigenvalue weighted by atomic mass is 10.0. The van der Waals surface area contributed by atoms with Crippen molar-refractivity contribution >= 4 is 11.9 Å². The Labute approximate surface area is 513 Å². The number of unbranched alkanes of at least 4 members (excludes halogenated alkanes) is 56. The molecule has 486 valence electrons. The smallest absolute Gasteiger partial charge is 0.305 e. The molecule has 0 aromatic rings. The molecule has 1 amide bonds. The topological polar surface area (TPSA) is 95.9 Å². The fourth-order valence-corrected chi connectivity index (χ4v) is 12.0. The van der Waals surface area contributed by atoms with Crippen molar-refractivity contribution in [2.45, 2.75) is 437 Å². The van der Waals surface area contributed by atoms with Crippen LogP contribution in [0, 0.1) is 0 Å². The lowest BCUT2D eigenvalue weighted by molar-refractivity contribution is -0.143. The van der Waals surface area contributed by atoms with E-state index in [0.717, 1.165) is 44.9 Å². The Balaban J connectivity index is 3.39. The van der Waals surface area contributed by atoms with E-state index in [-0.39, 0.29) is 18.5 Å². The van der Waals surface area contributed by atoms with Crippen molar-refractivity contribution in [3.63, 3.8) is 0 Å². The van der Waals surface area contributed by atoms with Gasteiger partial charge in [-0.1, -0.05) is 359 Å². The number of hydrogen-bond acceptors (Lipinski definition) is 5. The molecule has 0 fully saturated rings. The van der Waals surface area contributed by atoms with Gasteiger partial charge in [-0.3, -0.25) is 9.59 Å². The Bertz CT molecular complexity index is 1280. The second-order valence-corrected chi connectivity index (χ2v) is 26.0. The van der Waals surface area contributed by atoms with Crippen LogP contribution in [-0.2, 0) is 14.3 Å². The number of carbonyl (C=O) groups is 2. The van der Waals surface area contributed by atoms with Crippen molar-refractivity contribution in [3.8, 4) is 0 Å². The van der Waals surface area contributed by atoms with Crippen LogP contribution < -0.4 is 5.32 Å². The van der Waals surface area contributed by atoms with Crippen molar-refractivity contribution in [1.82, 2.24) is 5.32 Å². The molecule has 2 atom stereocenters. The van der Waals surface area contributed by atoms with Gasteiger partial charge in [-0.25, -0.2) is 0 Å². The van der Waals surface area contributed by atoms with Gasteiger partial charge in [-0.05, 0) is 77.0 Å². The first-order valence-electron chi connectivity index (χ1n) is 37.6. The lowest BCUT2D eigenvalue weighted by Gasteiger charge is -2.22. The minimum atomic E-state index is -0.669. The maximum atomic E-state index is 12.6. The zero-order valence-electron chi connectivity index (χ0n) is 55.8. The maximum absolute atomic E-state index is 12.6. The lowest BCUT2D eigenvalue weighted by Crippen LogP contribution is -2.45. The molecule has 0 aromatic carbocycles. The Kier molecular flexibility index (Phi) is 70.4. The first kappa shape index (κ1) is 80.3. The predicted octanol–water partition coefficient (Wildman–Crippen LogP) is 24.5. The number of carbonyl (C=O) groups excluding carboxylic acids is 2. The first-order chi connectivity index (χ1) is 40.5. The van der Waals surface area contributed by atoms with Crippen molar-refractivity contribution < 1.29 is 24.5 Å². The van der Waals surface area contributed by atoms with Gasteiger partial charge in [0.05, 0.1) is 25.4 Å². The molecule has 6 heteroatoms. The summed E-state index contributed by atoms with van der Waals surface area (Å²) in [5.74, 6) is -0.0241.